The molecule has 1 aromatic rings. The second-order valence-electron chi connectivity index (χ2n) is 7.30. The topological polar surface area (TPSA) is 120 Å². The highest BCUT2D eigenvalue weighted by atomic mass is 16.5. The standard InChI is InChI=1S/C20H20N4O5/c21-10-3-11-22-16(25)12-29-19(28)20-9-8-17(26)24(20)15-5-2-1-4-14(15)18(27)23(20)13-6-7-13/h1-2,4-5,13H,3,6-9,11-12H2,(H,22,25)/t20-/m1/s1. The Labute approximate surface area is 167 Å². The number of benzene rings is 1. The van der Waals surface area contributed by atoms with E-state index in [9.17, 15) is 19.2 Å². The maximum absolute atomic E-state index is 13.2. The summed E-state index contributed by atoms with van der Waals surface area (Å²) < 4.78 is 5.28. The second kappa shape index (κ2) is 7.20. The molecule has 9 nitrogen and oxygen atoms in total. The number of carbonyl (C=O) groups excluding carboxylic acids is 4. The summed E-state index contributed by atoms with van der Waals surface area (Å²) in [5.41, 5.74) is -0.781. The zero-order valence-corrected chi connectivity index (χ0v) is 15.7. The van der Waals surface area contributed by atoms with E-state index >= 15 is 0 Å². The van der Waals surface area contributed by atoms with Gasteiger partial charge in [0.25, 0.3) is 11.8 Å². The maximum Gasteiger partial charge on any atom is 0.354 e. The van der Waals surface area contributed by atoms with Crippen LogP contribution in [0.25, 0.3) is 0 Å². The molecule has 29 heavy (non-hydrogen) atoms. The lowest BCUT2D eigenvalue weighted by Crippen LogP contribution is -2.69. The van der Waals surface area contributed by atoms with Crippen LogP contribution in [0.4, 0.5) is 5.69 Å². The van der Waals surface area contributed by atoms with Gasteiger partial charge in [0.05, 0.1) is 23.7 Å². The number of ether oxygens (including phenoxy) is 1. The highest BCUT2D eigenvalue weighted by Crippen LogP contribution is 2.49. The van der Waals surface area contributed by atoms with Gasteiger partial charge in [-0.3, -0.25) is 19.3 Å². The van der Waals surface area contributed by atoms with Crippen LogP contribution < -0.4 is 10.2 Å². The zero-order valence-electron chi connectivity index (χ0n) is 15.7. The number of para-hydroxylation sites is 1. The number of hydrogen-bond acceptors (Lipinski definition) is 6. The van der Waals surface area contributed by atoms with Gasteiger partial charge in [-0.2, -0.15) is 5.26 Å². The quantitative estimate of drug-likeness (QED) is 0.558. The Kier molecular flexibility index (Phi) is 4.70. The number of fused-ring (bicyclic) bond motifs is 3. The highest BCUT2D eigenvalue weighted by Gasteiger charge is 2.64. The molecule has 1 aromatic carbocycles. The van der Waals surface area contributed by atoms with E-state index in [1.165, 1.54) is 9.80 Å². The van der Waals surface area contributed by atoms with Gasteiger partial charge in [-0.25, -0.2) is 4.79 Å². The zero-order chi connectivity index (χ0) is 20.6. The van der Waals surface area contributed by atoms with Crippen LogP contribution in [0.2, 0.25) is 0 Å². The number of nitrogens with zero attached hydrogens (tertiary/aromatic N) is 3. The molecule has 3 amide bonds. The number of anilines is 1. The Hall–Kier alpha value is -3.41. The Morgan fingerprint density at radius 3 is 2.76 bits per heavy atom. The third-order valence-corrected chi connectivity index (χ3v) is 5.43. The molecule has 1 saturated carbocycles. The molecule has 0 radical (unpaired) electrons. The average Bonchev–Trinajstić information content (AvgIpc) is 3.49. The lowest BCUT2D eigenvalue weighted by Gasteiger charge is -2.48. The van der Waals surface area contributed by atoms with E-state index in [2.05, 4.69) is 5.32 Å². The molecule has 1 atom stereocenters. The van der Waals surface area contributed by atoms with Crippen molar-refractivity contribution in [3.8, 4) is 6.07 Å². The van der Waals surface area contributed by atoms with Crippen molar-refractivity contribution in [3.05, 3.63) is 29.8 Å². The van der Waals surface area contributed by atoms with E-state index < -0.39 is 24.1 Å². The lowest BCUT2D eigenvalue weighted by molar-refractivity contribution is -0.160. The smallest absolute Gasteiger partial charge is 0.354 e. The number of nitrogens with one attached hydrogen (secondary N) is 1. The molecule has 0 bridgehead atoms. The molecule has 0 aromatic heterocycles. The van der Waals surface area contributed by atoms with Crippen LogP contribution in [0.5, 0.6) is 0 Å². The van der Waals surface area contributed by atoms with Crippen molar-refractivity contribution in [1.82, 2.24) is 10.2 Å². The van der Waals surface area contributed by atoms with E-state index in [1.54, 1.807) is 24.3 Å². The van der Waals surface area contributed by atoms with Crippen LogP contribution in [0.3, 0.4) is 0 Å². The molecule has 1 saturated heterocycles. The van der Waals surface area contributed by atoms with E-state index in [4.69, 9.17) is 10.00 Å². The van der Waals surface area contributed by atoms with Gasteiger partial charge in [-0.05, 0) is 25.0 Å². The number of amides is 3. The number of carbonyl (C=O) groups is 4. The van der Waals surface area contributed by atoms with Crippen LogP contribution in [-0.2, 0) is 19.1 Å². The van der Waals surface area contributed by atoms with E-state index in [0.717, 1.165) is 12.8 Å². The fourth-order valence-corrected chi connectivity index (χ4v) is 4.07. The normalized spacial score (nSPS) is 22.6. The molecule has 2 aliphatic heterocycles. The van der Waals surface area contributed by atoms with Crippen LogP contribution in [0, 0.1) is 11.3 Å². The molecule has 150 valence electrons. The van der Waals surface area contributed by atoms with E-state index in [1.807, 2.05) is 6.07 Å². The van der Waals surface area contributed by atoms with Gasteiger partial charge in [0, 0.05) is 25.4 Å². The van der Waals surface area contributed by atoms with Crippen molar-refractivity contribution >= 4 is 29.4 Å². The summed E-state index contributed by atoms with van der Waals surface area (Å²) in [6.07, 6.45) is 1.87. The second-order valence-corrected chi connectivity index (χ2v) is 7.30. The summed E-state index contributed by atoms with van der Waals surface area (Å²) >= 11 is 0. The van der Waals surface area contributed by atoms with Crippen LogP contribution in [-0.4, -0.2) is 53.4 Å². The van der Waals surface area contributed by atoms with Gasteiger partial charge in [-0.15, -0.1) is 0 Å². The van der Waals surface area contributed by atoms with Crippen molar-refractivity contribution in [2.24, 2.45) is 0 Å². The predicted octanol–water partition coefficient (Wildman–Crippen LogP) is 0.701. The number of nitriles is 1. The van der Waals surface area contributed by atoms with Crippen molar-refractivity contribution in [1.29, 1.82) is 5.26 Å². The predicted molar refractivity (Wildman–Crippen MR) is 99.3 cm³/mol. The summed E-state index contributed by atoms with van der Waals surface area (Å²) in [4.78, 5) is 54.0. The average molecular weight is 396 g/mol. The molecule has 3 aliphatic rings. The third-order valence-electron chi connectivity index (χ3n) is 5.43. The van der Waals surface area contributed by atoms with E-state index in [-0.39, 0.29) is 43.7 Å². The Morgan fingerprint density at radius 1 is 1.28 bits per heavy atom. The molecule has 1 N–H and O–H groups in total. The summed E-state index contributed by atoms with van der Waals surface area (Å²) in [7, 11) is 0. The van der Waals surface area contributed by atoms with Crippen LogP contribution in [0.15, 0.2) is 24.3 Å². The van der Waals surface area contributed by atoms with Crippen molar-refractivity contribution < 1.29 is 23.9 Å². The first kappa shape index (κ1) is 18.9. The molecule has 0 spiro atoms. The lowest BCUT2D eigenvalue weighted by atomic mass is 9.96. The first-order valence-corrected chi connectivity index (χ1v) is 9.57. The van der Waals surface area contributed by atoms with Gasteiger partial charge in [0.2, 0.25) is 11.6 Å². The Bertz CT molecular complexity index is 935. The van der Waals surface area contributed by atoms with Gasteiger partial charge >= 0.3 is 5.97 Å². The van der Waals surface area contributed by atoms with Crippen LogP contribution >= 0.6 is 0 Å². The molecular weight excluding hydrogens is 376 g/mol. The molecule has 9 heteroatoms. The van der Waals surface area contributed by atoms with Gasteiger partial charge < -0.3 is 15.0 Å². The van der Waals surface area contributed by atoms with E-state index in [0.29, 0.717) is 11.3 Å². The minimum absolute atomic E-state index is 0.105. The number of rotatable bonds is 6. The highest BCUT2D eigenvalue weighted by molar-refractivity contribution is 6.15. The van der Waals surface area contributed by atoms with Crippen molar-refractivity contribution in [2.75, 3.05) is 18.1 Å². The molecule has 4 rings (SSSR count). The van der Waals surface area contributed by atoms with Crippen molar-refractivity contribution in [3.63, 3.8) is 0 Å². The number of hydrogen-bond donors (Lipinski definition) is 1. The summed E-state index contributed by atoms with van der Waals surface area (Å²) in [6.45, 7) is -0.384. The minimum atomic E-state index is -1.56. The largest absolute Gasteiger partial charge is 0.452 e. The Morgan fingerprint density at radius 2 is 2.03 bits per heavy atom. The fraction of sp³-hybridized carbons (Fsp3) is 0.450. The first-order valence-electron chi connectivity index (χ1n) is 9.57. The minimum Gasteiger partial charge on any atom is -0.452 e. The monoisotopic (exact) mass is 396 g/mol. The SMILES string of the molecule is N#CCCNC(=O)COC(=O)[C@@]12CCC(=O)N1c1ccccc1C(=O)N2C1CC1. The van der Waals surface area contributed by atoms with Crippen molar-refractivity contribution in [2.45, 2.75) is 43.8 Å². The number of esters is 1. The first-order chi connectivity index (χ1) is 14.0. The summed E-state index contributed by atoms with van der Waals surface area (Å²) in [6, 6.07) is 8.50. The summed E-state index contributed by atoms with van der Waals surface area (Å²) in [5.74, 6) is -1.88. The fourth-order valence-electron chi connectivity index (χ4n) is 4.07. The van der Waals surface area contributed by atoms with Crippen LogP contribution in [0.1, 0.15) is 42.5 Å². The molecule has 2 fully saturated rings. The maximum atomic E-state index is 13.2. The van der Waals surface area contributed by atoms with Gasteiger partial charge in [0.15, 0.2) is 6.61 Å². The molecule has 1 aliphatic carbocycles. The third kappa shape index (κ3) is 3.01. The summed E-state index contributed by atoms with van der Waals surface area (Å²) in [5, 5.41) is 11.0. The molecular formula is C20H20N4O5. The van der Waals surface area contributed by atoms with Gasteiger partial charge in [0.1, 0.15) is 0 Å². The van der Waals surface area contributed by atoms with Gasteiger partial charge in [-0.1, -0.05) is 12.1 Å². The Balaban J connectivity index is 1.65. The molecule has 0 unspecified atom stereocenters. The molecule has 2 heterocycles.